The van der Waals surface area contributed by atoms with Crippen LogP contribution in [-0.4, -0.2) is 5.25 Å². The third-order valence-corrected chi connectivity index (χ3v) is 4.98. The predicted molar refractivity (Wildman–Crippen MR) is 76.8 cm³/mol. The molecule has 94 valence electrons. The number of benzene rings is 1. The van der Waals surface area contributed by atoms with Crippen LogP contribution in [-0.2, 0) is 0 Å². The van der Waals surface area contributed by atoms with E-state index in [0.717, 1.165) is 15.8 Å². The molecule has 2 rings (SSSR count). The number of halogens is 1. The Morgan fingerprint density at radius 2 is 2.00 bits per heavy atom. The van der Waals surface area contributed by atoms with Gasteiger partial charge in [0, 0.05) is 21.2 Å². The van der Waals surface area contributed by atoms with Crippen LogP contribution >= 0.6 is 23.4 Å². The maximum Gasteiger partial charge on any atom is 0.0464 e. The van der Waals surface area contributed by atoms with Crippen molar-refractivity contribution in [1.82, 2.24) is 0 Å². The van der Waals surface area contributed by atoms with Crippen molar-refractivity contribution >= 4 is 23.4 Å². The van der Waals surface area contributed by atoms with Crippen LogP contribution in [0.2, 0.25) is 5.02 Å². The maximum atomic E-state index is 6.25. The second-order valence-electron chi connectivity index (χ2n) is 4.85. The van der Waals surface area contributed by atoms with Gasteiger partial charge in [-0.25, -0.2) is 0 Å². The fourth-order valence-corrected chi connectivity index (χ4v) is 4.03. The van der Waals surface area contributed by atoms with Crippen molar-refractivity contribution < 1.29 is 0 Å². The van der Waals surface area contributed by atoms with Crippen LogP contribution < -0.4 is 5.73 Å². The van der Waals surface area contributed by atoms with Crippen LogP contribution in [0.1, 0.15) is 50.6 Å². The second-order valence-corrected chi connectivity index (χ2v) is 6.63. The summed E-state index contributed by atoms with van der Waals surface area (Å²) >= 11 is 8.22. The summed E-state index contributed by atoms with van der Waals surface area (Å²) in [5, 5.41) is 1.58. The lowest BCUT2D eigenvalue weighted by atomic mass is 10.0. The molecule has 0 aromatic heterocycles. The lowest BCUT2D eigenvalue weighted by Gasteiger charge is -2.21. The van der Waals surface area contributed by atoms with Crippen LogP contribution in [0, 0.1) is 0 Å². The average molecular weight is 270 g/mol. The van der Waals surface area contributed by atoms with Gasteiger partial charge in [-0.15, -0.1) is 11.8 Å². The summed E-state index contributed by atoms with van der Waals surface area (Å²) in [5.74, 6) is 0. The van der Waals surface area contributed by atoms with Gasteiger partial charge in [0.2, 0.25) is 0 Å². The molecule has 0 heterocycles. The molecule has 0 spiro atoms. The molecule has 2 N–H and O–H groups in total. The largest absolute Gasteiger partial charge is 0.324 e. The first-order valence-electron chi connectivity index (χ1n) is 6.38. The van der Waals surface area contributed by atoms with Gasteiger partial charge in [-0.3, -0.25) is 0 Å². The first-order chi connectivity index (χ1) is 8.16. The normalized spacial score (nSPS) is 19.2. The molecule has 0 radical (unpaired) electrons. The quantitative estimate of drug-likeness (QED) is 0.854. The molecular formula is C14H20ClNS. The van der Waals surface area contributed by atoms with E-state index < -0.39 is 0 Å². The molecule has 1 unspecified atom stereocenters. The molecule has 3 heteroatoms. The fraction of sp³-hybridized carbons (Fsp3) is 0.571. The molecular weight excluding hydrogens is 250 g/mol. The third-order valence-electron chi connectivity index (χ3n) is 3.32. The topological polar surface area (TPSA) is 26.0 Å². The number of hydrogen-bond donors (Lipinski definition) is 1. The SMILES string of the molecule is CC(N)c1ccc(SC2CCCCC2)cc1Cl. The second kappa shape index (κ2) is 6.12. The molecule has 0 bridgehead atoms. The molecule has 1 aliphatic rings. The van der Waals surface area contributed by atoms with E-state index in [2.05, 4.69) is 18.2 Å². The highest BCUT2D eigenvalue weighted by Crippen LogP contribution is 2.35. The zero-order valence-electron chi connectivity index (χ0n) is 10.3. The zero-order chi connectivity index (χ0) is 12.3. The molecule has 1 aromatic rings. The summed E-state index contributed by atoms with van der Waals surface area (Å²) in [5.41, 5.74) is 6.90. The van der Waals surface area contributed by atoms with E-state index >= 15 is 0 Å². The molecule has 1 fully saturated rings. The van der Waals surface area contributed by atoms with Crippen LogP contribution in [0.3, 0.4) is 0 Å². The Labute approximate surface area is 113 Å². The molecule has 1 aliphatic carbocycles. The summed E-state index contributed by atoms with van der Waals surface area (Å²) in [6.07, 6.45) is 6.85. The summed E-state index contributed by atoms with van der Waals surface area (Å²) < 4.78 is 0. The van der Waals surface area contributed by atoms with E-state index in [9.17, 15) is 0 Å². The van der Waals surface area contributed by atoms with Gasteiger partial charge in [0.15, 0.2) is 0 Å². The van der Waals surface area contributed by atoms with Crippen LogP contribution in [0.4, 0.5) is 0 Å². The third kappa shape index (κ3) is 3.64. The van der Waals surface area contributed by atoms with E-state index in [1.54, 1.807) is 0 Å². The summed E-state index contributed by atoms with van der Waals surface area (Å²) in [4.78, 5) is 1.28. The van der Waals surface area contributed by atoms with Gasteiger partial charge in [0.1, 0.15) is 0 Å². The van der Waals surface area contributed by atoms with Gasteiger partial charge in [-0.05, 0) is 37.5 Å². The molecule has 0 aliphatic heterocycles. The van der Waals surface area contributed by atoms with Crippen LogP contribution in [0.25, 0.3) is 0 Å². The Kier molecular flexibility index (Phi) is 4.78. The van der Waals surface area contributed by atoms with Crippen molar-refractivity contribution in [3.63, 3.8) is 0 Å². The minimum atomic E-state index is 0.0104. The summed E-state index contributed by atoms with van der Waals surface area (Å²) in [7, 11) is 0. The minimum Gasteiger partial charge on any atom is -0.324 e. The fourth-order valence-electron chi connectivity index (χ4n) is 2.33. The van der Waals surface area contributed by atoms with Crippen LogP contribution in [0.5, 0.6) is 0 Å². The molecule has 17 heavy (non-hydrogen) atoms. The smallest absolute Gasteiger partial charge is 0.0464 e. The Balaban J connectivity index is 2.04. The van der Waals surface area contributed by atoms with Crippen molar-refractivity contribution in [3.05, 3.63) is 28.8 Å². The van der Waals surface area contributed by atoms with Gasteiger partial charge in [0.05, 0.1) is 0 Å². The Morgan fingerprint density at radius 3 is 2.59 bits per heavy atom. The molecule has 1 aromatic carbocycles. The molecule has 0 saturated heterocycles. The van der Waals surface area contributed by atoms with Gasteiger partial charge in [0.25, 0.3) is 0 Å². The summed E-state index contributed by atoms with van der Waals surface area (Å²) in [6.45, 7) is 1.97. The van der Waals surface area contributed by atoms with Crippen molar-refractivity contribution in [2.75, 3.05) is 0 Å². The minimum absolute atomic E-state index is 0.0104. The van der Waals surface area contributed by atoms with Gasteiger partial charge >= 0.3 is 0 Å². The van der Waals surface area contributed by atoms with Crippen LogP contribution in [0.15, 0.2) is 23.1 Å². The van der Waals surface area contributed by atoms with E-state index in [1.165, 1.54) is 37.0 Å². The maximum absolute atomic E-state index is 6.25. The predicted octanol–water partition coefficient (Wildman–Crippen LogP) is 4.78. The Hall–Kier alpha value is -0.180. The van der Waals surface area contributed by atoms with Crippen molar-refractivity contribution in [2.24, 2.45) is 5.73 Å². The molecule has 1 saturated carbocycles. The van der Waals surface area contributed by atoms with E-state index in [0.29, 0.717) is 0 Å². The van der Waals surface area contributed by atoms with Gasteiger partial charge in [-0.1, -0.05) is 36.9 Å². The highest BCUT2D eigenvalue weighted by Gasteiger charge is 2.15. The monoisotopic (exact) mass is 269 g/mol. The van der Waals surface area contributed by atoms with Crippen molar-refractivity contribution in [1.29, 1.82) is 0 Å². The zero-order valence-corrected chi connectivity index (χ0v) is 11.9. The molecule has 1 atom stereocenters. The number of thioether (sulfide) groups is 1. The first-order valence-corrected chi connectivity index (χ1v) is 7.64. The van der Waals surface area contributed by atoms with Crippen molar-refractivity contribution in [3.8, 4) is 0 Å². The standard InChI is InChI=1S/C14H20ClNS/c1-10(16)13-8-7-12(9-14(13)15)17-11-5-3-2-4-6-11/h7-11H,2-6,16H2,1H3. The molecule has 0 amide bonds. The first kappa shape index (κ1) is 13.3. The average Bonchev–Trinajstić information content (AvgIpc) is 2.30. The van der Waals surface area contributed by atoms with E-state index in [4.69, 9.17) is 17.3 Å². The number of rotatable bonds is 3. The van der Waals surface area contributed by atoms with E-state index in [1.807, 2.05) is 18.7 Å². The van der Waals surface area contributed by atoms with Crippen molar-refractivity contribution in [2.45, 2.75) is 55.2 Å². The lowest BCUT2D eigenvalue weighted by Crippen LogP contribution is -2.08. The van der Waals surface area contributed by atoms with Gasteiger partial charge in [-0.2, -0.15) is 0 Å². The van der Waals surface area contributed by atoms with Gasteiger partial charge < -0.3 is 5.73 Å². The van der Waals surface area contributed by atoms with E-state index in [-0.39, 0.29) is 6.04 Å². The lowest BCUT2D eigenvalue weighted by molar-refractivity contribution is 0.516. The highest BCUT2D eigenvalue weighted by atomic mass is 35.5. The number of nitrogens with two attached hydrogens (primary N) is 1. The Morgan fingerprint density at radius 1 is 1.29 bits per heavy atom. The highest BCUT2D eigenvalue weighted by molar-refractivity contribution is 8.00. The Bertz CT molecular complexity index is 372. The summed E-state index contributed by atoms with van der Waals surface area (Å²) in [6, 6.07) is 6.30. The molecule has 1 nitrogen and oxygen atoms in total. The number of hydrogen-bond acceptors (Lipinski definition) is 2.